The highest BCUT2D eigenvalue weighted by atomic mass is 19.1. The number of nitrogens with one attached hydrogen (secondary N) is 1. The van der Waals surface area contributed by atoms with Crippen molar-refractivity contribution in [1.82, 2.24) is 4.90 Å². The van der Waals surface area contributed by atoms with Gasteiger partial charge in [0.25, 0.3) is 0 Å². The fourth-order valence-corrected chi connectivity index (χ4v) is 5.21. The molecule has 0 unspecified atom stereocenters. The van der Waals surface area contributed by atoms with Crippen molar-refractivity contribution in [2.45, 2.75) is 24.8 Å². The first-order chi connectivity index (χ1) is 16.8. The van der Waals surface area contributed by atoms with Gasteiger partial charge in [-0.05, 0) is 91.7 Å². The number of halogens is 3. The van der Waals surface area contributed by atoms with E-state index in [1.54, 1.807) is 42.3 Å². The Bertz CT molecular complexity index is 1220. The van der Waals surface area contributed by atoms with E-state index >= 15 is 0 Å². The molecule has 0 radical (unpaired) electrons. The summed E-state index contributed by atoms with van der Waals surface area (Å²) in [5.41, 5.74) is 2.38. The predicted molar refractivity (Wildman–Crippen MR) is 128 cm³/mol. The van der Waals surface area contributed by atoms with Crippen LogP contribution in [0.2, 0.25) is 0 Å². The van der Waals surface area contributed by atoms with Gasteiger partial charge in [0.05, 0.1) is 7.11 Å². The van der Waals surface area contributed by atoms with Crippen molar-refractivity contribution in [3.63, 3.8) is 0 Å². The molecule has 5 rings (SSSR count). The van der Waals surface area contributed by atoms with Crippen LogP contribution in [0, 0.1) is 17.5 Å². The van der Waals surface area contributed by atoms with E-state index in [4.69, 9.17) is 4.74 Å². The Morgan fingerprint density at radius 2 is 1.63 bits per heavy atom. The van der Waals surface area contributed by atoms with Crippen molar-refractivity contribution >= 4 is 17.4 Å². The van der Waals surface area contributed by atoms with E-state index in [9.17, 15) is 18.0 Å². The van der Waals surface area contributed by atoms with Gasteiger partial charge in [0.15, 0.2) is 0 Å². The van der Waals surface area contributed by atoms with E-state index in [1.165, 1.54) is 24.3 Å². The summed E-state index contributed by atoms with van der Waals surface area (Å²) in [6.07, 6.45) is 1.40. The molecule has 5 nitrogen and oxygen atoms in total. The quantitative estimate of drug-likeness (QED) is 0.520. The molecule has 0 saturated carbocycles. The van der Waals surface area contributed by atoms with E-state index in [0.717, 1.165) is 11.6 Å². The molecule has 8 heteroatoms. The molecule has 0 bridgehead atoms. The van der Waals surface area contributed by atoms with E-state index in [2.05, 4.69) is 10.2 Å². The Labute approximate surface area is 202 Å². The maximum Gasteiger partial charge on any atom is 0.326 e. The molecule has 1 saturated heterocycles. The van der Waals surface area contributed by atoms with Crippen LogP contribution >= 0.6 is 0 Å². The van der Waals surface area contributed by atoms with E-state index in [-0.39, 0.29) is 17.3 Å². The number of carbonyl (C=O) groups excluding carboxylic acids is 1. The Hall–Kier alpha value is -3.52. The molecule has 1 N–H and O–H groups in total. The highest BCUT2D eigenvalue weighted by Crippen LogP contribution is 2.47. The predicted octanol–water partition coefficient (Wildman–Crippen LogP) is 5.70. The number of hydrogen-bond donors (Lipinski definition) is 1. The van der Waals surface area contributed by atoms with Crippen LogP contribution in [0.3, 0.4) is 0 Å². The van der Waals surface area contributed by atoms with Gasteiger partial charge in [0, 0.05) is 35.9 Å². The number of amides is 2. The monoisotopic (exact) mass is 481 g/mol. The summed E-state index contributed by atoms with van der Waals surface area (Å²) in [6.45, 7) is 2.21. The number of hydrogen-bond acceptors (Lipinski definition) is 3. The van der Waals surface area contributed by atoms with Gasteiger partial charge < -0.3 is 10.1 Å². The zero-order chi connectivity index (χ0) is 24.6. The van der Waals surface area contributed by atoms with Crippen molar-refractivity contribution in [3.05, 3.63) is 89.2 Å². The molecular weight excluding hydrogens is 455 g/mol. The Morgan fingerprint density at radius 1 is 0.943 bits per heavy atom. The van der Waals surface area contributed by atoms with Crippen LogP contribution in [0.1, 0.15) is 24.0 Å². The molecule has 1 spiro atoms. The maximum atomic E-state index is 14.3. The third-order valence-electron chi connectivity index (χ3n) is 7.01. The average molecular weight is 482 g/mol. The highest BCUT2D eigenvalue weighted by Gasteiger charge is 2.46. The number of anilines is 2. The van der Waals surface area contributed by atoms with Gasteiger partial charge in [-0.15, -0.1) is 0 Å². The van der Waals surface area contributed by atoms with Crippen LogP contribution < -0.4 is 15.0 Å². The van der Waals surface area contributed by atoms with Gasteiger partial charge in [0.2, 0.25) is 0 Å². The fourth-order valence-electron chi connectivity index (χ4n) is 5.21. The lowest BCUT2D eigenvalue weighted by Crippen LogP contribution is -2.46. The van der Waals surface area contributed by atoms with Gasteiger partial charge in [0.1, 0.15) is 23.2 Å². The first-order valence-corrected chi connectivity index (χ1v) is 11.6. The summed E-state index contributed by atoms with van der Waals surface area (Å²) in [5.74, 6) is -0.825. The van der Waals surface area contributed by atoms with Gasteiger partial charge in [-0.3, -0.25) is 9.80 Å². The number of piperidine rings is 1. The first kappa shape index (κ1) is 23.2. The van der Waals surface area contributed by atoms with Crippen molar-refractivity contribution < 1.29 is 22.7 Å². The molecule has 2 aliphatic heterocycles. The smallest absolute Gasteiger partial charge is 0.326 e. The summed E-state index contributed by atoms with van der Waals surface area (Å²) in [6, 6.07) is 14.9. The number of benzene rings is 3. The molecule has 2 aliphatic rings. The summed E-state index contributed by atoms with van der Waals surface area (Å²) >= 11 is 0. The van der Waals surface area contributed by atoms with Gasteiger partial charge in [-0.1, -0.05) is 0 Å². The Kier molecular flexibility index (Phi) is 6.15. The molecule has 0 aliphatic carbocycles. The number of fused-ring (bicyclic) bond motifs is 2. The molecule has 35 heavy (non-hydrogen) atoms. The van der Waals surface area contributed by atoms with Crippen LogP contribution in [0.25, 0.3) is 0 Å². The van der Waals surface area contributed by atoms with E-state index in [0.29, 0.717) is 61.7 Å². The second kappa shape index (κ2) is 9.26. The Morgan fingerprint density at radius 3 is 2.29 bits per heavy atom. The SMILES string of the molecule is COc1ccc(NC(=O)N2CC3(CCN(Cc4cc(F)cc(F)c4)CC3)c3cc(F)ccc32)cc1. The lowest BCUT2D eigenvalue weighted by Gasteiger charge is -2.40. The standard InChI is InChI=1S/C27H26F3N3O2/c1-35-23-5-3-22(4-6-23)31-26(34)33-17-27(24-15-19(28)2-7-25(24)33)8-10-32(11-9-27)16-18-12-20(29)14-21(30)13-18/h2-7,12-15H,8-11,16-17H2,1H3,(H,31,34). The molecule has 1 fully saturated rings. The lowest BCUT2D eigenvalue weighted by molar-refractivity contribution is 0.159. The summed E-state index contributed by atoms with van der Waals surface area (Å²) in [5, 5.41) is 2.92. The Balaban J connectivity index is 1.33. The molecule has 182 valence electrons. The highest BCUT2D eigenvalue weighted by molar-refractivity contribution is 6.03. The maximum absolute atomic E-state index is 14.3. The van der Waals surface area contributed by atoms with Crippen LogP contribution in [0.5, 0.6) is 5.75 Å². The normalized spacial score (nSPS) is 16.9. The van der Waals surface area contributed by atoms with Crippen LogP contribution in [-0.2, 0) is 12.0 Å². The molecule has 3 aromatic carbocycles. The van der Waals surface area contributed by atoms with Crippen LogP contribution in [0.15, 0.2) is 60.7 Å². The minimum atomic E-state index is -0.591. The fraction of sp³-hybridized carbons (Fsp3) is 0.296. The van der Waals surface area contributed by atoms with Crippen LogP contribution in [0.4, 0.5) is 29.3 Å². The third-order valence-corrected chi connectivity index (χ3v) is 7.01. The number of likely N-dealkylation sites (tertiary alicyclic amines) is 1. The molecule has 0 atom stereocenters. The number of ether oxygens (including phenoxy) is 1. The number of methoxy groups -OCH3 is 1. The zero-order valence-electron chi connectivity index (χ0n) is 19.4. The van der Waals surface area contributed by atoms with Crippen molar-refractivity contribution in [3.8, 4) is 5.75 Å². The van der Waals surface area contributed by atoms with Gasteiger partial charge in [-0.2, -0.15) is 0 Å². The minimum Gasteiger partial charge on any atom is -0.497 e. The van der Waals surface area contributed by atoms with Gasteiger partial charge >= 0.3 is 6.03 Å². The van der Waals surface area contributed by atoms with E-state index in [1.807, 2.05) is 0 Å². The largest absolute Gasteiger partial charge is 0.497 e. The number of nitrogens with zero attached hydrogens (tertiary/aromatic N) is 2. The topological polar surface area (TPSA) is 44.8 Å². The molecule has 2 amide bonds. The zero-order valence-corrected chi connectivity index (χ0v) is 19.4. The lowest BCUT2D eigenvalue weighted by atomic mass is 9.74. The number of urea groups is 1. The second-order valence-corrected chi connectivity index (χ2v) is 9.24. The number of carbonyl (C=O) groups is 1. The summed E-state index contributed by atoms with van der Waals surface area (Å²) in [7, 11) is 1.58. The van der Waals surface area contributed by atoms with Crippen LogP contribution in [-0.4, -0.2) is 37.7 Å². The number of rotatable bonds is 4. The summed E-state index contributed by atoms with van der Waals surface area (Å²) in [4.78, 5) is 17.0. The average Bonchev–Trinajstić information content (AvgIpc) is 3.14. The minimum absolute atomic E-state index is 0.280. The van der Waals surface area contributed by atoms with Crippen molar-refractivity contribution in [2.24, 2.45) is 0 Å². The third kappa shape index (κ3) is 4.71. The molecule has 0 aromatic heterocycles. The van der Waals surface area contributed by atoms with Gasteiger partial charge in [-0.25, -0.2) is 18.0 Å². The first-order valence-electron chi connectivity index (χ1n) is 11.6. The molecular formula is C27H26F3N3O2. The second-order valence-electron chi connectivity index (χ2n) is 9.24. The molecule has 3 aromatic rings. The summed E-state index contributed by atoms with van der Waals surface area (Å²) < 4.78 is 46.6. The molecule has 2 heterocycles. The van der Waals surface area contributed by atoms with Crippen molar-refractivity contribution in [1.29, 1.82) is 0 Å². The van der Waals surface area contributed by atoms with Crippen molar-refractivity contribution in [2.75, 3.05) is 37.0 Å². The van der Waals surface area contributed by atoms with E-state index < -0.39 is 11.6 Å².